The molecule has 1 aliphatic rings. The van der Waals surface area contributed by atoms with Gasteiger partial charge in [0.05, 0.1) is 0 Å². The summed E-state index contributed by atoms with van der Waals surface area (Å²) in [5.41, 5.74) is 2.62. The van der Waals surface area contributed by atoms with E-state index in [1.54, 1.807) is 0 Å². The molecule has 0 nitrogen and oxygen atoms in total. The lowest BCUT2D eigenvalue weighted by Gasteiger charge is -2.30. The van der Waals surface area contributed by atoms with Crippen molar-refractivity contribution >= 4 is 25.3 Å². The van der Waals surface area contributed by atoms with Crippen LogP contribution in [0.15, 0.2) is 22.6 Å². The van der Waals surface area contributed by atoms with Crippen molar-refractivity contribution < 1.29 is 0 Å². The fourth-order valence-electron chi connectivity index (χ4n) is 1.62. The molecule has 1 unspecified atom stereocenters. The summed E-state index contributed by atoms with van der Waals surface area (Å²) in [4.78, 5) is 1.15. The van der Waals surface area contributed by atoms with Crippen molar-refractivity contribution in [2.24, 2.45) is 5.92 Å². The second-order valence-electron chi connectivity index (χ2n) is 3.60. The molecular weight excluding hydrogens is 184 g/mol. The highest BCUT2D eigenvalue weighted by atomic mass is 32.1. The Labute approximate surface area is 85.9 Å². The molecule has 0 fully saturated rings. The Kier molecular flexibility index (Phi) is 3.36. The van der Waals surface area contributed by atoms with Gasteiger partial charge < -0.3 is 0 Å². The fourth-order valence-corrected chi connectivity index (χ4v) is 2.53. The van der Waals surface area contributed by atoms with Crippen LogP contribution in [-0.4, -0.2) is 5.25 Å². The molecule has 0 saturated heterocycles. The highest BCUT2D eigenvalue weighted by Crippen LogP contribution is 2.37. The van der Waals surface area contributed by atoms with Crippen LogP contribution in [0.5, 0.6) is 0 Å². The van der Waals surface area contributed by atoms with E-state index in [1.807, 2.05) is 0 Å². The van der Waals surface area contributed by atoms with Crippen LogP contribution in [0.3, 0.4) is 0 Å². The summed E-state index contributed by atoms with van der Waals surface area (Å²) in [5.74, 6) is 0.518. The summed E-state index contributed by atoms with van der Waals surface area (Å²) in [7, 11) is 0. The van der Waals surface area contributed by atoms with Crippen LogP contribution in [-0.2, 0) is 0 Å². The van der Waals surface area contributed by atoms with E-state index in [0.29, 0.717) is 5.92 Å². The van der Waals surface area contributed by atoms with E-state index in [1.165, 1.54) is 17.6 Å². The van der Waals surface area contributed by atoms with Crippen molar-refractivity contribution in [1.29, 1.82) is 0 Å². The van der Waals surface area contributed by atoms with Gasteiger partial charge in [-0.05, 0) is 37.5 Å². The van der Waals surface area contributed by atoms with Gasteiger partial charge in [-0.3, -0.25) is 0 Å². The van der Waals surface area contributed by atoms with E-state index in [-0.39, 0.29) is 5.25 Å². The van der Waals surface area contributed by atoms with Crippen LogP contribution in [0.25, 0.3) is 0 Å². The summed E-state index contributed by atoms with van der Waals surface area (Å²) in [6, 6.07) is 0. The molecule has 0 aliphatic heterocycles. The smallest absolute Gasteiger partial charge is 0.0388 e. The fraction of sp³-hybridized carbons (Fsp3) is 0.600. The second-order valence-corrected chi connectivity index (χ2v) is 4.64. The van der Waals surface area contributed by atoms with Crippen LogP contribution in [0, 0.1) is 5.92 Å². The monoisotopic (exact) mass is 200 g/mol. The van der Waals surface area contributed by atoms with E-state index in [4.69, 9.17) is 0 Å². The van der Waals surface area contributed by atoms with E-state index in [2.05, 4.69) is 45.7 Å². The van der Waals surface area contributed by atoms with Crippen LogP contribution in [0.4, 0.5) is 0 Å². The first-order chi connectivity index (χ1) is 5.54. The standard InChI is InChI=1S/C10H16S2/c1-6(2)8-5-4-7(3)9(11)10(8)12/h8,10-12H,1,4-5H2,2-3H3/t8-,10?/m1/s1. The number of allylic oxidation sites excluding steroid dienone is 2. The summed E-state index contributed by atoms with van der Waals surface area (Å²) < 4.78 is 0. The predicted molar refractivity (Wildman–Crippen MR) is 62.0 cm³/mol. The van der Waals surface area contributed by atoms with Gasteiger partial charge >= 0.3 is 0 Å². The molecule has 0 spiro atoms. The lowest BCUT2D eigenvalue weighted by atomic mass is 9.85. The van der Waals surface area contributed by atoms with Gasteiger partial charge in [0.15, 0.2) is 0 Å². The van der Waals surface area contributed by atoms with Crippen molar-refractivity contribution in [1.82, 2.24) is 0 Å². The van der Waals surface area contributed by atoms with E-state index < -0.39 is 0 Å². The minimum Gasteiger partial charge on any atom is -0.170 e. The van der Waals surface area contributed by atoms with Crippen molar-refractivity contribution in [3.05, 3.63) is 22.6 Å². The Bertz CT molecular complexity index is 228. The zero-order chi connectivity index (χ0) is 9.30. The lowest BCUT2D eigenvalue weighted by Crippen LogP contribution is -2.21. The number of hydrogen-bond donors (Lipinski definition) is 2. The third kappa shape index (κ3) is 1.91. The normalized spacial score (nSPS) is 30.7. The van der Waals surface area contributed by atoms with E-state index >= 15 is 0 Å². The molecule has 2 heteroatoms. The third-order valence-electron chi connectivity index (χ3n) is 2.56. The van der Waals surface area contributed by atoms with Crippen LogP contribution in [0.1, 0.15) is 26.7 Å². The van der Waals surface area contributed by atoms with Gasteiger partial charge in [-0.2, -0.15) is 12.6 Å². The molecule has 0 radical (unpaired) electrons. The first-order valence-corrected chi connectivity index (χ1v) is 5.22. The Morgan fingerprint density at radius 3 is 2.67 bits per heavy atom. The lowest BCUT2D eigenvalue weighted by molar-refractivity contribution is 0.549. The molecule has 12 heavy (non-hydrogen) atoms. The third-order valence-corrected chi connectivity index (χ3v) is 4.04. The Balaban J connectivity index is 2.83. The summed E-state index contributed by atoms with van der Waals surface area (Å²) in [5, 5.41) is 0.277. The van der Waals surface area contributed by atoms with Gasteiger partial charge in [0.1, 0.15) is 0 Å². The molecule has 0 amide bonds. The van der Waals surface area contributed by atoms with Gasteiger partial charge in [0, 0.05) is 5.25 Å². The molecular formula is C10H16S2. The average Bonchev–Trinajstić information content (AvgIpc) is 2.00. The quantitative estimate of drug-likeness (QED) is 0.470. The highest BCUT2D eigenvalue weighted by Gasteiger charge is 2.25. The van der Waals surface area contributed by atoms with Crippen LogP contribution in [0.2, 0.25) is 0 Å². The van der Waals surface area contributed by atoms with Gasteiger partial charge in [0.25, 0.3) is 0 Å². The van der Waals surface area contributed by atoms with Crippen LogP contribution >= 0.6 is 25.3 Å². The minimum atomic E-state index is 0.277. The molecule has 1 aliphatic carbocycles. The van der Waals surface area contributed by atoms with E-state index in [9.17, 15) is 0 Å². The molecule has 0 bridgehead atoms. The summed E-state index contributed by atoms with van der Waals surface area (Å²) in [6.07, 6.45) is 2.33. The Morgan fingerprint density at radius 1 is 1.58 bits per heavy atom. The molecule has 0 aromatic heterocycles. The maximum atomic E-state index is 4.55. The highest BCUT2D eigenvalue weighted by molar-refractivity contribution is 7.88. The van der Waals surface area contributed by atoms with Gasteiger partial charge in [-0.25, -0.2) is 0 Å². The van der Waals surface area contributed by atoms with Crippen molar-refractivity contribution in [2.45, 2.75) is 31.9 Å². The number of hydrogen-bond acceptors (Lipinski definition) is 2. The maximum Gasteiger partial charge on any atom is 0.0388 e. The minimum absolute atomic E-state index is 0.277. The predicted octanol–water partition coefficient (Wildman–Crippen LogP) is 3.47. The Hall–Kier alpha value is 0.180. The van der Waals surface area contributed by atoms with Crippen molar-refractivity contribution in [2.75, 3.05) is 0 Å². The van der Waals surface area contributed by atoms with Gasteiger partial charge in [-0.1, -0.05) is 17.7 Å². The zero-order valence-corrected chi connectivity index (χ0v) is 9.46. The van der Waals surface area contributed by atoms with Gasteiger partial charge in [0.2, 0.25) is 0 Å². The summed E-state index contributed by atoms with van der Waals surface area (Å²) in [6.45, 7) is 8.20. The molecule has 0 N–H and O–H groups in total. The number of rotatable bonds is 1. The van der Waals surface area contributed by atoms with Crippen molar-refractivity contribution in [3.8, 4) is 0 Å². The van der Waals surface area contributed by atoms with Crippen molar-refractivity contribution in [3.63, 3.8) is 0 Å². The molecule has 0 saturated carbocycles. The molecule has 0 heterocycles. The topological polar surface area (TPSA) is 0 Å². The van der Waals surface area contributed by atoms with E-state index in [0.717, 1.165) is 11.3 Å². The molecule has 0 aromatic rings. The molecule has 2 atom stereocenters. The first kappa shape index (κ1) is 10.3. The molecule has 1 rings (SSSR count). The first-order valence-electron chi connectivity index (χ1n) is 4.26. The average molecular weight is 200 g/mol. The summed E-state index contributed by atoms with van der Waals surface area (Å²) >= 11 is 9.02. The number of thiol groups is 2. The van der Waals surface area contributed by atoms with Crippen LogP contribution < -0.4 is 0 Å². The van der Waals surface area contributed by atoms with Gasteiger partial charge in [-0.15, -0.1) is 12.6 Å². The molecule has 68 valence electrons. The molecule has 0 aromatic carbocycles. The second kappa shape index (κ2) is 3.93. The largest absolute Gasteiger partial charge is 0.170 e. The Morgan fingerprint density at radius 2 is 2.17 bits per heavy atom. The maximum absolute atomic E-state index is 4.55. The zero-order valence-electron chi connectivity index (χ0n) is 7.67. The SMILES string of the molecule is C=C(C)[C@H]1CCC(C)=C(S)C1S.